The van der Waals surface area contributed by atoms with Gasteiger partial charge >= 0.3 is 6.03 Å². The molecule has 1 spiro atoms. The Labute approximate surface area is 225 Å². The number of carbonyl (C=O) groups excluding carboxylic acids is 1. The molecule has 0 N–H and O–H groups in total. The monoisotopic (exact) mass is 521 g/mol. The predicted octanol–water partition coefficient (Wildman–Crippen LogP) is 4.80. The van der Waals surface area contributed by atoms with E-state index in [1.54, 1.807) is 28.4 Å². The van der Waals surface area contributed by atoms with E-state index in [0.717, 1.165) is 77.9 Å². The van der Waals surface area contributed by atoms with Crippen molar-refractivity contribution in [3.8, 4) is 23.0 Å². The third-order valence-electron chi connectivity index (χ3n) is 8.51. The standard InChI is InChI=1S/C30H39N3O5/c1-29(2)17-26-30(8-10-32(11-9-30)18-20-12-22(35-4)15-23(13-20)36-5)31(3)28(34)33(26)19-21-14-24(37-6)16-25(38-7)27(21)29/h12-17H,8-11,18-19H2,1-7H3. The lowest BCUT2D eigenvalue weighted by Gasteiger charge is -2.43. The summed E-state index contributed by atoms with van der Waals surface area (Å²) in [6.45, 7) is 7.48. The number of benzene rings is 2. The molecule has 2 aromatic carbocycles. The minimum Gasteiger partial charge on any atom is -0.497 e. The Bertz CT molecular complexity index is 1240. The van der Waals surface area contributed by atoms with Crippen LogP contribution in [0.2, 0.25) is 0 Å². The van der Waals surface area contributed by atoms with Crippen LogP contribution in [0.5, 0.6) is 23.0 Å². The van der Waals surface area contributed by atoms with Crippen LogP contribution in [0.4, 0.5) is 4.79 Å². The second-order valence-corrected chi connectivity index (χ2v) is 11.1. The number of rotatable bonds is 6. The Morgan fingerprint density at radius 1 is 0.842 bits per heavy atom. The van der Waals surface area contributed by atoms with Crippen LogP contribution < -0.4 is 18.9 Å². The van der Waals surface area contributed by atoms with Crippen LogP contribution in [0.3, 0.4) is 0 Å². The summed E-state index contributed by atoms with van der Waals surface area (Å²) in [5, 5.41) is 0. The van der Waals surface area contributed by atoms with Gasteiger partial charge in [-0.3, -0.25) is 9.80 Å². The van der Waals surface area contributed by atoms with Gasteiger partial charge in [0.2, 0.25) is 0 Å². The maximum absolute atomic E-state index is 13.7. The zero-order valence-electron chi connectivity index (χ0n) is 23.6. The molecule has 2 aromatic rings. The molecule has 0 bridgehead atoms. The van der Waals surface area contributed by atoms with E-state index in [9.17, 15) is 4.79 Å². The van der Waals surface area contributed by atoms with Gasteiger partial charge in [0.1, 0.15) is 23.0 Å². The first-order valence-electron chi connectivity index (χ1n) is 13.1. The molecule has 2 amide bonds. The fourth-order valence-corrected chi connectivity index (χ4v) is 6.51. The van der Waals surface area contributed by atoms with Crippen LogP contribution in [0.15, 0.2) is 42.1 Å². The summed E-state index contributed by atoms with van der Waals surface area (Å²) in [6, 6.07) is 10.0. The summed E-state index contributed by atoms with van der Waals surface area (Å²) in [6.07, 6.45) is 4.04. The van der Waals surface area contributed by atoms with Crippen LogP contribution in [0.25, 0.3) is 0 Å². The summed E-state index contributed by atoms with van der Waals surface area (Å²) >= 11 is 0. The maximum Gasteiger partial charge on any atom is 0.325 e. The largest absolute Gasteiger partial charge is 0.497 e. The zero-order valence-corrected chi connectivity index (χ0v) is 23.6. The number of ether oxygens (including phenoxy) is 4. The number of carbonyl (C=O) groups is 1. The van der Waals surface area contributed by atoms with E-state index in [4.69, 9.17) is 18.9 Å². The van der Waals surface area contributed by atoms with Crippen molar-refractivity contribution in [2.24, 2.45) is 0 Å². The first kappa shape index (κ1) is 26.2. The van der Waals surface area contributed by atoms with Crippen LogP contribution in [-0.4, -0.2) is 74.8 Å². The van der Waals surface area contributed by atoms with Crippen molar-refractivity contribution in [2.75, 3.05) is 48.6 Å². The molecule has 2 fully saturated rings. The lowest BCUT2D eigenvalue weighted by Crippen LogP contribution is -2.52. The fraction of sp³-hybridized carbons (Fsp3) is 0.500. The number of nitrogens with zero attached hydrogens (tertiary/aromatic N) is 3. The number of fused-ring (bicyclic) bond motifs is 3. The van der Waals surface area contributed by atoms with Crippen molar-refractivity contribution in [3.63, 3.8) is 0 Å². The average molecular weight is 522 g/mol. The zero-order chi connectivity index (χ0) is 27.2. The molecule has 3 aliphatic heterocycles. The summed E-state index contributed by atoms with van der Waals surface area (Å²) < 4.78 is 22.3. The highest BCUT2D eigenvalue weighted by Crippen LogP contribution is 2.50. The van der Waals surface area contributed by atoms with Gasteiger partial charge < -0.3 is 23.8 Å². The van der Waals surface area contributed by atoms with E-state index in [-0.39, 0.29) is 17.0 Å². The molecule has 3 aliphatic rings. The molecule has 3 heterocycles. The molecule has 0 aliphatic carbocycles. The van der Waals surface area contributed by atoms with Gasteiger partial charge in [0.25, 0.3) is 0 Å². The van der Waals surface area contributed by atoms with E-state index < -0.39 is 0 Å². The van der Waals surface area contributed by atoms with Gasteiger partial charge in [-0.15, -0.1) is 0 Å². The molecule has 38 heavy (non-hydrogen) atoms. The molecule has 0 saturated carbocycles. The number of hydrogen-bond donors (Lipinski definition) is 0. The molecule has 8 nitrogen and oxygen atoms in total. The minimum atomic E-state index is -0.337. The SMILES string of the molecule is COc1cc(CN2CCC3(CC2)C2=CC(C)(C)c4c(cc(OC)cc4OC)CN2C(=O)N3C)cc(OC)c1. The Morgan fingerprint density at radius 2 is 1.45 bits per heavy atom. The molecule has 0 atom stereocenters. The molecule has 5 rings (SSSR count). The van der Waals surface area contributed by atoms with Crippen molar-refractivity contribution in [3.05, 3.63) is 58.8 Å². The number of urea groups is 1. The molecule has 0 aromatic heterocycles. The molecular formula is C30H39N3O5. The van der Waals surface area contributed by atoms with E-state index in [0.29, 0.717) is 6.54 Å². The number of likely N-dealkylation sites (tertiary alicyclic amines) is 1. The number of piperidine rings is 1. The molecule has 0 unspecified atom stereocenters. The quantitative estimate of drug-likeness (QED) is 0.544. The highest BCUT2D eigenvalue weighted by Gasteiger charge is 2.54. The lowest BCUT2D eigenvalue weighted by molar-refractivity contribution is 0.0997. The van der Waals surface area contributed by atoms with Crippen LogP contribution >= 0.6 is 0 Å². The Kier molecular flexibility index (Phi) is 6.71. The third kappa shape index (κ3) is 4.25. The second-order valence-electron chi connectivity index (χ2n) is 11.1. The maximum atomic E-state index is 13.7. The van der Waals surface area contributed by atoms with E-state index in [1.165, 1.54) is 0 Å². The fourth-order valence-electron chi connectivity index (χ4n) is 6.51. The average Bonchev–Trinajstić information content (AvgIpc) is 3.02. The number of amides is 2. The van der Waals surface area contributed by atoms with Crippen molar-refractivity contribution < 1.29 is 23.7 Å². The predicted molar refractivity (Wildman–Crippen MR) is 146 cm³/mol. The Hall–Kier alpha value is -3.39. The van der Waals surface area contributed by atoms with Crippen molar-refractivity contribution in [2.45, 2.75) is 50.7 Å². The Morgan fingerprint density at radius 3 is 2.03 bits per heavy atom. The first-order chi connectivity index (χ1) is 18.1. The molecule has 8 heteroatoms. The van der Waals surface area contributed by atoms with Crippen LogP contribution in [-0.2, 0) is 18.5 Å². The van der Waals surface area contributed by atoms with Gasteiger partial charge in [0.05, 0.1) is 40.5 Å². The van der Waals surface area contributed by atoms with Gasteiger partial charge in [-0.1, -0.05) is 19.9 Å². The minimum absolute atomic E-state index is 0.0488. The Balaban J connectivity index is 1.45. The smallest absolute Gasteiger partial charge is 0.325 e. The molecule has 2 saturated heterocycles. The topological polar surface area (TPSA) is 63.7 Å². The van der Waals surface area contributed by atoms with Crippen molar-refractivity contribution >= 4 is 6.03 Å². The third-order valence-corrected chi connectivity index (χ3v) is 8.51. The van der Waals surface area contributed by atoms with Gasteiger partial charge in [0, 0.05) is 55.5 Å². The summed E-state index contributed by atoms with van der Waals surface area (Å²) in [7, 11) is 8.66. The molecule has 0 radical (unpaired) electrons. The molecular weight excluding hydrogens is 482 g/mol. The summed E-state index contributed by atoms with van der Waals surface area (Å²) in [4.78, 5) is 20.1. The van der Waals surface area contributed by atoms with Gasteiger partial charge in [-0.25, -0.2) is 4.79 Å². The number of allylic oxidation sites excluding steroid dienone is 1. The number of hydrogen-bond acceptors (Lipinski definition) is 6. The highest BCUT2D eigenvalue weighted by atomic mass is 16.5. The van der Waals surface area contributed by atoms with Gasteiger partial charge in [-0.2, -0.15) is 0 Å². The van der Waals surface area contributed by atoms with Gasteiger partial charge in [-0.05, 0) is 42.2 Å². The van der Waals surface area contributed by atoms with E-state index in [2.05, 4.69) is 37.0 Å². The molecule has 204 valence electrons. The first-order valence-corrected chi connectivity index (χ1v) is 13.1. The number of likely N-dealkylation sites (N-methyl/N-ethyl adjacent to an activating group) is 1. The summed E-state index contributed by atoms with van der Waals surface area (Å²) in [5.74, 6) is 3.11. The summed E-state index contributed by atoms with van der Waals surface area (Å²) in [5.41, 5.74) is 3.76. The second kappa shape index (κ2) is 9.73. The highest BCUT2D eigenvalue weighted by molar-refractivity contribution is 5.83. The lowest BCUT2D eigenvalue weighted by atomic mass is 9.77. The normalized spacial score (nSPS) is 20.0. The van der Waals surface area contributed by atoms with Crippen LogP contribution in [0, 0.1) is 0 Å². The van der Waals surface area contributed by atoms with E-state index >= 15 is 0 Å². The van der Waals surface area contributed by atoms with Crippen LogP contribution in [0.1, 0.15) is 43.4 Å². The van der Waals surface area contributed by atoms with Crippen molar-refractivity contribution in [1.29, 1.82) is 0 Å². The number of methoxy groups -OCH3 is 4. The van der Waals surface area contributed by atoms with E-state index in [1.807, 2.05) is 35.0 Å². The van der Waals surface area contributed by atoms with Crippen molar-refractivity contribution in [1.82, 2.24) is 14.7 Å². The van der Waals surface area contributed by atoms with Gasteiger partial charge in [0.15, 0.2) is 0 Å².